The number of thiazole rings is 1. The van der Waals surface area contributed by atoms with Gasteiger partial charge in [0.1, 0.15) is 23.0 Å². The van der Waals surface area contributed by atoms with E-state index in [0.29, 0.717) is 17.8 Å². The third-order valence-electron chi connectivity index (χ3n) is 4.29. The number of anilines is 1. The normalized spacial score (nSPS) is 22.9. The van der Waals surface area contributed by atoms with Crippen molar-refractivity contribution in [1.29, 1.82) is 0 Å². The average Bonchev–Trinajstić information content (AvgIpc) is 3.12. The number of aromatic amines is 1. The molecule has 3 N–H and O–H groups in total. The van der Waals surface area contributed by atoms with Crippen molar-refractivity contribution < 1.29 is 23.8 Å². The van der Waals surface area contributed by atoms with Crippen LogP contribution in [0.25, 0.3) is 10.3 Å². The summed E-state index contributed by atoms with van der Waals surface area (Å²) in [5.74, 6) is -1.19. The summed E-state index contributed by atoms with van der Waals surface area (Å²) in [5, 5.41) is 0. The standard InChI is InChI=1S/C16H20N4O7S/c1-4-8(25-6(2)21)9-5-10(26-7(3)22)14(27-9)20-12-11(28-16(20)24)13(23)19-15(17)18-12/h8-10,14H,4-5H2,1-3H3,(H3,17,18,19,23)/t8-,9?,10+,14?/m0/s1. The maximum absolute atomic E-state index is 12.6. The first-order valence-electron chi connectivity index (χ1n) is 8.62. The first-order chi connectivity index (χ1) is 13.2. The fourth-order valence-corrected chi connectivity index (χ4v) is 4.10. The molecule has 0 saturated carbocycles. The number of nitrogen functional groups attached to an aromatic ring is 1. The molecule has 2 aromatic rings. The summed E-state index contributed by atoms with van der Waals surface area (Å²) < 4.78 is 17.8. The Morgan fingerprint density at radius 3 is 2.71 bits per heavy atom. The largest absolute Gasteiger partial charge is 0.460 e. The topological polar surface area (TPSA) is 156 Å². The summed E-state index contributed by atoms with van der Waals surface area (Å²) >= 11 is 0.688. The van der Waals surface area contributed by atoms with Gasteiger partial charge in [0.2, 0.25) is 5.95 Å². The number of carbonyl (C=O) groups is 2. The third-order valence-corrected chi connectivity index (χ3v) is 5.24. The van der Waals surface area contributed by atoms with Crippen LogP contribution in [0.3, 0.4) is 0 Å². The number of ether oxygens (including phenoxy) is 3. The second kappa shape index (κ2) is 7.72. The van der Waals surface area contributed by atoms with Gasteiger partial charge in [0.15, 0.2) is 11.9 Å². The Kier molecular flexibility index (Phi) is 5.52. The van der Waals surface area contributed by atoms with Gasteiger partial charge in [0, 0.05) is 20.3 Å². The lowest BCUT2D eigenvalue weighted by atomic mass is 10.1. The highest BCUT2D eigenvalue weighted by Crippen LogP contribution is 2.35. The average molecular weight is 412 g/mol. The van der Waals surface area contributed by atoms with Crippen LogP contribution in [-0.4, -0.2) is 44.8 Å². The molecule has 12 heteroatoms. The summed E-state index contributed by atoms with van der Waals surface area (Å²) in [4.78, 5) is 53.4. The Morgan fingerprint density at radius 1 is 1.39 bits per heavy atom. The number of hydrogen-bond donors (Lipinski definition) is 2. The van der Waals surface area contributed by atoms with Gasteiger partial charge in [0.05, 0.1) is 0 Å². The zero-order valence-corrected chi connectivity index (χ0v) is 16.3. The van der Waals surface area contributed by atoms with E-state index in [2.05, 4.69) is 9.97 Å². The lowest BCUT2D eigenvalue weighted by Gasteiger charge is -2.22. The molecule has 0 aliphatic carbocycles. The van der Waals surface area contributed by atoms with Gasteiger partial charge in [-0.1, -0.05) is 18.3 Å². The minimum Gasteiger partial charge on any atom is -0.460 e. The van der Waals surface area contributed by atoms with Crippen LogP contribution in [0.4, 0.5) is 5.95 Å². The van der Waals surface area contributed by atoms with Gasteiger partial charge >= 0.3 is 16.8 Å². The fourth-order valence-electron chi connectivity index (χ4n) is 3.26. The molecule has 0 radical (unpaired) electrons. The van der Waals surface area contributed by atoms with E-state index < -0.39 is 46.9 Å². The number of H-pyrrole nitrogens is 1. The number of nitrogens with two attached hydrogens (primary N) is 1. The minimum absolute atomic E-state index is 0.0413. The number of hydrogen-bond acceptors (Lipinski definition) is 10. The van der Waals surface area contributed by atoms with E-state index >= 15 is 0 Å². The van der Waals surface area contributed by atoms with Gasteiger partial charge in [-0.15, -0.1) is 0 Å². The lowest BCUT2D eigenvalue weighted by Crippen LogP contribution is -2.31. The lowest BCUT2D eigenvalue weighted by molar-refractivity contribution is -0.158. The van der Waals surface area contributed by atoms with Crippen LogP contribution in [0.2, 0.25) is 0 Å². The van der Waals surface area contributed by atoms with Crippen molar-refractivity contribution in [2.24, 2.45) is 0 Å². The molecule has 3 rings (SSSR count). The molecule has 28 heavy (non-hydrogen) atoms. The molecule has 1 saturated heterocycles. The number of fused-ring (bicyclic) bond motifs is 1. The molecule has 3 heterocycles. The monoisotopic (exact) mass is 412 g/mol. The minimum atomic E-state index is -1.03. The summed E-state index contributed by atoms with van der Waals surface area (Å²) in [6, 6.07) is 0. The van der Waals surface area contributed by atoms with E-state index in [9.17, 15) is 19.2 Å². The molecule has 2 unspecified atom stereocenters. The van der Waals surface area contributed by atoms with Crippen LogP contribution in [0.5, 0.6) is 0 Å². The van der Waals surface area contributed by atoms with Crippen molar-refractivity contribution >= 4 is 39.6 Å². The molecule has 152 valence electrons. The molecule has 0 spiro atoms. The molecule has 11 nitrogen and oxygen atoms in total. The molecule has 4 atom stereocenters. The zero-order valence-electron chi connectivity index (χ0n) is 15.5. The summed E-state index contributed by atoms with van der Waals surface area (Å²) in [6.45, 7) is 4.34. The summed E-state index contributed by atoms with van der Waals surface area (Å²) in [5.41, 5.74) is 5.10. The number of carbonyl (C=O) groups excluding carboxylic acids is 2. The van der Waals surface area contributed by atoms with Crippen molar-refractivity contribution in [2.45, 2.75) is 58.2 Å². The number of aromatic nitrogens is 3. The van der Waals surface area contributed by atoms with Gasteiger partial charge in [-0.05, 0) is 6.42 Å². The van der Waals surface area contributed by atoms with Crippen LogP contribution < -0.4 is 16.2 Å². The van der Waals surface area contributed by atoms with E-state index in [1.54, 1.807) is 0 Å². The molecule has 0 amide bonds. The first kappa shape index (κ1) is 20.0. The maximum atomic E-state index is 12.6. The quantitative estimate of drug-likeness (QED) is 0.659. The van der Waals surface area contributed by atoms with E-state index in [-0.39, 0.29) is 22.7 Å². The van der Waals surface area contributed by atoms with Crippen molar-refractivity contribution in [3.05, 3.63) is 20.0 Å². The zero-order chi connectivity index (χ0) is 20.6. The molecule has 1 aliphatic heterocycles. The van der Waals surface area contributed by atoms with Crippen LogP contribution in [0.15, 0.2) is 9.59 Å². The highest BCUT2D eigenvalue weighted by molar-refractivity contribution is 7.16. The van der Waals surface area contributed by atoms with Crippen LogP contribution >= 0.6 is 11.3 Å². The summed E-state index contributed by atoms with van der Waals surface area (Å²) in [6.07, 6.45) is -2.38. The van der Waals surface area contributed by atoms with Crippen molar-refractivity contribution in [1.82, 2.24) is 14.5 Å². The predicted molar refractivity (Wildman–Crippen MR) is 98.8 cm³/mol. The van der Waals surface area contributed by atoms with E-state index in [0.717, 1.165) is 4.57 Å². The van der Waals surface area contributed by atoms with Gasteiger partial charge in [-0.2, -0.15) is 4.98 Å². The molecule has 0 aromatic carbocycles. The van der Waals surface area contributed by atoms with Crippen LogP contribution in [0.1, 0.15) is 39.8 Å². The second-order valence-corrected chi connectivity index (χ2v) is 7.31. The van der Waals surface area contributed by atoms with E-state index in [4.69, 9.17) is 19.9 Å². The van der Waals surface area contributed by atoms with Gasteiger partial charge in [-0.3, -0.25) is 28.7 Å². The van der Waals surface area contributed by atoms with Crippen molar-refractivity contribution in [3.8, 4) is 0 Å². The molecule has 2 aromatic heterocycles. The Hall–Kier alpha value is -2.73. The Balaban J connectivity index is 2.05. The second-order valence-electron chi connectivity index (χ2n) is 6.35. The summed E-state index contributed by atoms with van der Waals surface area (Å²) in [7, 11) is 0. The molecule has 1 fully saturated rings. The maximum Gasteiger partial charge on any atom is 0.311 e. The van der Waals surface area contributed by atoms with E-state index in [1.807, 2.05) is 6.92 Å². The van der Waals surface area contributed by atoms with Crippen molar-refractivity contribution in [3.63, 3.8) is 0 Å². The van der Waals surface area contributed by atoms with Gasteiger partial charge in [0.25, 0.3) is 5.56 Å². The Labute approximate surface area is 162 Å². The molecule has 0 bridgehead atoms. The van der Waals surface area contributed by atoms with Gasteiger partial charge < -0.3 is 19.9 Å². The third kappa shape index (κ3) is 3.78. The smallest absolute Gasteiger partial charge is 0.311 e. The number of rotatable bonds is 5. The SMILES string of the molecule is CC[C@H](OC(C)=O)C1C[C@@H](OC(C)=O)C(n2c(=O)sc3c(=O)[nH]c(N)nc32)O1. The Bertz CT molecular complexity index is 1030. The fraction of sp³-hybridized carbons (Fsp3) is 0.562. The highest BCUT2D eigenvalue weighted by atomic mass is 32.1. The Morgan fingerprint density at radius 2 is 2.11 bits per heavy atom. The predicted octanol–water partition coefficient (Wildman–Crippen LogP) is 0.289. The van der Waals surface area contributed by atoms with Crippen LogP contribution in [0, 0.1) is 0 Å². The van der Waals surface area contributed by atoms with Crippen molar-refractivity contribution in [2.75, 3.05) is 5.73 Å². The molecular weight excluding hydrogens is 392 g/mol. The molecule has 1 aliphatic rings. The van der Waals surface area contributed by atoms with Gasteiger partial charge in [-0.25, -0.2) is 0 Å². The highest BCUT2D eigenvalue weighted by Gasteiger charge is 2.44. The number of nitrogens with zero attached hydrogens (tertiary/aromatic N) is 2. The first-order valence-corrected chi connectivity index (χ1v) is 9.43. The van der Waals surface area contributed by atoms with E-state index in [1.165, 1.54) is 13.8 Å². The van der Waals surface area contributed by atoms with Crippen LogP contribution in [-0.2, 0) is 23.8 Å². The molecular formula is C16H20N4O7S. The number of nitrogens with one attached hydrogen (secondary N) is 1. The number of esters is 2.